The van der Waals surface area contributed by atoms with Crippen LogP contribution in [-0.4, -0.2) is 19.0 Å². The average molecular weight is 305 g/mol. The Morgan fingerprint density at radius 1 is 1.32 bits per heavy atom. The fraction of sp³-hybridized carbons (Fsp3) is 0.412. The fourth-order valence-corrected chi connectivity index (χ4v) is 2.52. The van der Waals surface area contributed by atoms with Crippen molar-refractivity contribution in [2.75, 3.05) is 7.11 Å². The predicted octanol–water partition coefficient (Wildman–Crippen LogP) is 2.90. The first-order valence-corrected chi connectivity index (χ1v) is 7.38. The van der Waals surface area contributed by atoms with E-state index in [-0.39, 0.29) is 24.1 Å². The summed E-state index contributed by atoms with van der Waals surface area (Å²) < 4.78 is 17.7. The molecule has 0 radical (unpaired) electrons. The number of benzene rings is 1. The van der Waals surface area contributed by atoms with Crippen LogP contribution in [0.25, 0.3) is 0 Å². The molecule has 118 valence electrons. The van der Waals surface area contributed by atoms with E-state index in [2.05, 4.69) is 16.1 Å². The Labute approximate surface area is 129 Å². The lowest BCUT2D eigenvalue weighted by Crippen LogP contribution is -2.35. The summed E-state index contributed by atoms with van der Waals surface area (Å²) in [5.41, 5.74) is 0.687. The second kappa shape index (κ2) is 7.73. The molecule has 1 aromatic carbocycles. The summed E-state index contributed by atoms with van der Waals surface area (Å²) in [6.07, 6.45) is 6.49. The minimum atomic E-state index is -0.508. The Hall–Kier alpha value is -2.17. The highest BCUT2D eigenvalue weighted by atomic mass is 19.1. The van der Waals surface area contributed by atoms with E-state index >= 15 is 0 Å². The molecule has 0 heterocycles. The average Bonchev–Trinajstić information content (AvgIpc) is 2.55. The summed E-state index contributed by atoms with van der Waals surface area (Å²) in [5.74, 6) is -0.935. The van der Waals surface area contributed by atoms with Gasteiger partial charge in [0.2, 0.25) is 5.91 Å². The molecule has 2 atom stereocenters. The lowest BCUT2D eigenvalue weighted by molar-refractivity contribution is -0.141. The zero-order valence-corrected chi connectivity index (χ0v) is 12.5. The first-order chi connectivity index (χ1) is 10.6. The Bertz CT molecular complexity index is 554. The second-order valence-electron chi connectivity index (χ2n) is 5.37. The summed E-state index contributed by atoms with van der Waals surface area (Å²) in [7, 11) is 1.30. The van der Waals surface area contributed by atoms with Gasteiger partial charge < -0.3 is 10.1 Å². The standard InChI is InChI=1S/C17H20FNO3/c1-22-16(20)11-15(12-7-9-14(18)10-8-12)19-17(21)13-5-3-2-4-6-13/h2-3,7-10,13,15H,4-6,11H2,1H3,(H,19,21)/t13-,15+/m0/s1. The Kier molecular flexibility index (Phi) is 5.69. The molecule has 1 amide bonds. The van der Waals surface area contributed by atoms with Crippen molar-refractivity contribution in [1.29, 1.82) is 0 Å². The highest BCUT2D eigenvalue weighted by Gasteiger charge is 2.24. The Balaban J connectivity index is 2.09. The maximum atomic E-state index is 13.0. The Morgan fingerprint density at radius 3 is 2.64 bits per heavy atom. The number of halogens is 1. The van der Waals surface area contributed by atoms with Crippen LogP contribution in [0.4, 0.5) is 4.39 Å². The number of rotatable bonds is 5. The van der Waals surface area contributed by atoms with Crippen molar-refractivity contribution in [3.05, 3.63) is 47.8 Å². The van der Waals surface area contributed by atoms with E-state index in [9.17, 15) is 14.0 Å². The van der Waals surface area contributed by atoms with Crippen molar-refractivity contribution in [2.45, 2.75) is 31.7 Å². The molecule has 0 fully saturated rings. The first-order valence-electron chi connectivity index (χ1n) is 7.38. The van der Waals surface area contributed by atoms with Crippen LogP contribution in [0.3, 0.4) is 0 Å². The molecular weight excluding hydrogens is 285 g/mol. The lowest BCUT2D eigenvalue weighted by Gasteiger charge is -2.23. The van der Waals surface area contributed by atoms with Crippen molar-refractivity contribution < 1.29 is 18.7 Å². The molecule has 0 aliphatic heterocycles. The smallest absolute Gasteiger partial charge is 0.307 e. The van der Waals surface area contributed by atoms with E-state index in [0.29, 0.717) is 12.0 Å². The van der Waals surface area contributed by atoms with E-state index in [1.54, 1.807) is 12.1 Å². The largest absolute Gasteiger partial charge is 0.469 e. The molecule has 1 aromatic rings. The SMILES string of the molecule is COC(=O)C[C@@H](NC(=O)[C@H]1CC=CCC1)c1ccc(F)cc1. The van der Waals surface area contributed by atoms with Crippen LogP contribution in [0.15, 0.2) is 36.4 Å². The molecule has 0 bridgehead atoms. The number of hydrogen-bond donors (Lipinski definition) is 1. The predicted molar refractivity (Wildman–Crippen MR) is 80.4 cm³/mol. The van der Waals surface area contributed by atoms with Gasteiger partial charge in [-0.15, -0.1) is 0 Å². The van der Waals surface area contributed by atoms with Crippen LogP contribution in [0.5, 0.6) is 0 Å². The first kappa shape index (κ1) is 16.2. The molecule has 1 N–H and O–H groups in total. The molecule has 0 saturated heterocycles. The summed E-state index contributed by atoms with van der Waals surface area (Å²) in [6, 6.07) is 5.27. The van der Waals surface area contributed by atoms with E-state index < -0.39 is 12.0 Å². The lowest BCUT2D eigenvalue weighted by atomic mass is 9.92. The molecule has 5 heteroatoms. The van der Waals surface area contributed by atoms with E-state index in [0.717, 1.165) is 12.8 Å². The van der Waals surface area contributed by atoms with Gasteiger partial charge in [-0.1, -0.05) is 24.3 Å². The van der Waals surface area contributed by atoms with Crippen molar-refractivity contribution in [3.63, 3.8) is 0 Å². The van der Waals surface area contributed by atoms with Gasteiger partial charge in [-0.25, -0.2) is 4.39 Å². The van der Waals surface area contributed by atoms with E-state index in [1.807, 2.05) is 6.08 Å². The second-order valence-corrected chi connectivity index (χ2v) is 5.37. The number of carbonyl (C=O) groups excluding carboxylic acids is 2. The number of allylic oxidation sites excluding steroid dienone is 2. The molecule has 1 aliphatic rings. The minimum Gasteiger partial charge on any atom is -0.469 e. The number of carbonyl (C=O) groups is 2. The van der Waals surface area contributed by atoms with Gasteiger partial charge in [-0.05, 0) is 37.0 Å². The molecule has 4 nitrogen and oxygen atoms in total. The molecule has 2 rings (SSSR count). The molecular formula is C17H20FNO3. The third-order valence-electron chi connectivity index (χ3n) is 3.83. The number of methoxy groups -OCH3 is 1. The zero-order chi connectivity index (χ0) is 15.9. The third-order valence-corrected chi connectivity index (χ3v) is 3.83. The molecule has 1 aliphatic carbocycles. The van der Waals surface area contributed by atoms with E-state index in [4.69, 9.17) is 0 Å². The summed E-state index contributed by atoms with van der Waals surface area (Å²) in [4.78, 5) is 23.9. The van der Waals surface area contributed by atoms with Gasteiger partial charge in [0.05, 0.1) is 19.6 Å². The number of ether oxygens (including phenoxy) is 1. The van der Waals surface area contributed by atoms with Gasteiger partial charge in [0.15, 0.2) is 0 Å². The maximum absolute atomic E-state index is 13.0. The third kappa shape index (κ3) is 4.41. The highest BCUT2D eigenvalue weighted by Crippen LogP contribution is 2.22. The minimum absolute atomic E-state index is 0.0242. The van der Waals surface area contributed by atoms with Crippen molar-refractivity contribution in [2.24, 2.45) is 5.92 Å². The number of hydrogen-bond acceptors (Lipinski definition) is 3. The summed E-state index contributed by atoms with van der Waals surface area (Å²) >= 11 is 0. The van der Waals surface area contributed by atoms with Crippen molar-refractivity contribution in [1.82, 2.24) is 5.32 Å². The number of esters is 1. The monoisotopic (exact) mass is 305 g/mol. The highest BCUT2D eigenvalue weighted by molar-refractivity contribution is 5.80. The van der Waals surface area contributed by atoms with E-state index in [1.165, 1.54) is 19.2 Å². The molecule has 0 unspecified atom stereocenters. The summed E-state index contributed by atoms with van der Waals surface area (Å²) in [6.45, 7) is 0. The number of amides is 1. The topological polar surface area (TPSA) is 55.4 Å². The van der Waals surface area contributed by atoms with Gasteiger partial charge in [0.1, 0.15) is 5.82 Å². The van der Waals surface area contributed by atoms with Crippen molar-refractivity contribution >= 4 is 11.9 Å². The molecule has 0 spiro atoms. The molecule has 0 aromatic heterocycles. The van der Waals surface area contributed by atoms with Crippen LogP contribution in [0, 0.1) is 11.7 Å². The normalized spacial score (nSPS) is 18.5. The van der Waals surface area contributed by atoms with Crippen LogP contribution in [-0.2, 0) is 14.3 Å². The van der Waals surface area contributed by atoms with Gasteiger partial charge in [0, 0.05) is 5.92 Å². The molecule has 22 heavy (non-hydrogen) atoms. The van der Waals surface area contributed by atoms with Crippen LogP contribution in [0.2, 0.25) is 0 Å². The van der Waals surface area contributed by atoms with Gasteiger partial charge in [-0.2, -0.15) is 0 Å². The van der Waals surface area contributed by atoms with Crippen LogP contribution < -0.4 is 5.32 Å². The number of nitrogens with one attached hydrogen (secondary N) is 1. The van der Waals surface area contributed by atoms with Crippen LogP contribution in [0.1, 0.15) is 37.3 Å². The zero-order valence-electron chi connectivity index (χ0n) is 12.5. The van der Waals surface area contributed by atoms with Gasteiger partial charge in [-0.3, -0.25) is 9.59 Å². The Morgan fingerprint density at radius 2 is 2.05 bits per heavy atom. The van der Waals surface area contributed by atoms with Crippen LogP contribution >= 0.6 is 0 Å². The maximum Gasteiger partial charge on any atom is 0.307 e. The summed E-state index contributed by atoms with van der Waals surface area (Å²) in [5, 5.41) is 2.89. The molecule has 0 saturated carbocycles. The van der Waals surface area contributed by atoms with Gasteiger partial charge >= 0.3 is 5.97 Å². The van der Waals surface area contributed by atoms with Crippen molar-refractivity contribution in [3.8, 4) is 0 Å². The fourth-order valence-electron chi connectivity index (χ4n) is 2.52. The van der Waals surface area contributed by atoms with Gasteiger partial charge in [0.25, 0.3) is 0 Å². The quantitative estimate of drug-likeness (QED) is 0.672.